The van der Waals surface area contributed by atoms with Gasteiger partial charge in [0.05, 0.1) is 12.8 Å². The monoisotopic (exact) mass is 333 g/mol. The van der Waals surface area contributed by atoms with Crippen LogP contribution in [0.5, 0.6) is 5.75 Å². The SMILES string of the molecule is COc1ccc(C(=O)NCc2cccnc2-c2ccncc2)cc1C. The summed E-state index contributed by atoms with van der Waals surface area (Å²) >= 11 is 0. The van der Waals surface area contributed by atoms with E-state index in [-0.39, 0.29) is 5.91 Å². The van der Waals surface area contributed by atoms with E-state index >= 15 is 0 Å². The smallest absolute Gasteiger partial charge is 0.251 e. The second-order valence-electron chi connectivity index (χ2n) is 5.61. The average molecular weight is 333 g/mol. The summed E-state index contributed by atoms with van der Waals surface area (Å²) < 4.78 is 5.23. The predicted octanol–water partition coefficient (Wildman–Crippen LogP) is 3.39. The van der Waals surface area contributed by atoms with Gasteiger partial charge in [-0.3, -0.25) is 14.8 Å². The molecule has 2 aromatic heterocycles. The standard InChI is InChI=1S/C20H19N3O2/c1-14-12-16(5-6-18(14)25-2)20(24)23-13-17-4-3-9-22-19(17)15-7-10-21-11-8-15/h3-12H,13H2,1-2H3,(H,23,24). The van der Waals surface area contributed by atoms with E-state index in [2.05, 4.69) is 15.3 Å². The van der Waals surface area contributed by atoms with Crippen LogP contribution < -0.4 is 10.1 Å². The highest BCUT2D eigenvalue weighted by atomic mass is 16.5. The van der Waals surface area contributed by atoms with Crippen LogP contribution in [0.3, 0.4) is 0 Å². The highest BCUT2D eigenvalue weighted by molar-refractivity contribution is 5.94. The number of nitrogens with one attached hydrogen (secondary N) is 1. The normalized spacial score (nSPS) is 10.3. The second-order valence-corrected chi connectivity index (χ2v) is 5.61. The molecule has 0 atom stereocenters. The summed E-state index contributed by atoms with van der Waals surface area (Å²) in [6.45, 7) is 2.31. The predicted molar refractivity (Wildman–Crippen MR) is 96.4 cm³/mol. The van der Waals surface area contributed by atoms with Crippen molar-refractivity contribution in [3.63, 3.8) is 0 Å². The van der Waals surface area contributed by atoms with Crippen molar-refractivity contribution in [3.8, 4) is 17.0 Å². The van der Waals surface area contributed by atoms with Gasteiger partial charge in [0.15, 0.2) is 0 Å². The summed E-state index contributed by atoms with van der Waals surface area (Å²) in [6.07, 6.45) is 5.20. The van der Waals surface area contributed by atoms with Crippen LogP contribution in [-0.2, 0) is 6.54 Å². The molecule has 3 rings (SSSR count). The number of aromatic nitrogens is 2. The van der Waals surface area contributed by atoms with Crippen LogP contribution in [0.25, 0.3) is 11.3 Å². The Morgan fingerprint density at radius 2 is 1.92 bits per heavy atom. The van der Waals surface area contributed by atoms with E-state index in [1.54, 1.807) is 37.8 Å². The molecule has 3 aromatic rings. The van der Waals surface area contributed by atoms with E-state index in [4.69, 9.17) is 4.74 Å². The molecule has 0 saturated carbocycles. The molecule has 1 N–H and O–H groups in total. The average Bonchev–Trinajstić information content (AvgIpc) is 2.67. The van der Waals surface area contributed by atoms with Gasteiger partial charge in [-0.25, -0.2) is 0 Å². The molecule has 0 spiro atoms. The molecule has 0 unspecified atom stereocenters. The maximum Gasteiger partial charge on any atom is 0.251 e. The zero-order valence-electron chi connectivity index (χ0n) is 14.2. The number of hydrogen-bond acceptors (Lipinski definition) is 4. The summed E-state index contributed by atoms with van der Waals surface area (Å²) in [4.78, 5) is 20.9. The summed E-state index contributed by atoms with van der Waals surface area (Å²) in [6, 6.07) is 13.0. The maximum atomic E-state index is 12.4. The first-order valence-electron chi connectivity index (χ1n) is 7.96. The van der Waals surface area contributed by atoms with E-state index in [0.29, 0.717) is 12.1 Å². The lowest BCUT2D eigenvalue weighted by atomic mass is 10.1. The van der Waals surface area contributed by atoms with Crippen molar-refractivity contribution in [1.29, 1.82) is 0 Å². The molecular formula is C20H19N3O2. The highest BCUT2D eigenvalue weighted by Crippen LogP contribution is 2.21. The number of rotatable bonds is 5. The fourth-order valence-corrected chi connectivity index (χ4v) is 2.65. The van der Waals surface area contributed by atoms with Gasteiger partial charge in [0.1, 0.15) is 5.75 Å². The number of carbonyl (C=O) groups is 1. The lowest BCUT2D eigenvalue weighted by molar-refractivity contribution is 0.0951. The van der Waals surface area contributed by atoms with E-state index in [1.807, 2.05) is 37.3 Å². The quantitative estimate of drug-likeness (QED) is 0.777. The number of nitrogens with zero attached hydrogens (tertiary/aromatic N) is 2. The van der Waals surface area contributed by atoms with E-state index in [1.165, 1.54) is 0 Å². The lowest BCUT2D eigenvalue weighted by Gasteiger charge is -2.11. The number of pyridine rings is 2. The van der Waals surface area contributed by atoms with Crippen LogP contribution in [0.2, 0.25) is 0 Å². The molecule has 0 aliphatic carbocycles. The molecule has 5 nitrogen and oxygen atoms in total. The minimum atomic E-state index is -0.129. The van der Waals surface area contributed by atoms with Crippen LogP contribution in [0.15, 0.2) is 61.1 Å². The summed E-state index contributed by atoms with van der Waals surface area (Å²) in [5, 5.41) is 2.95. The molecule has 126 valence electrons. The van der Waals surface area contributed by atoms with Gasteiger partial charge in [0.2, 0.25) is 0 Å². The van der Waals surface area contributed by atoms with Crippen molar-refractivity contribution in [2.45, 2.75) is 13.5 Å². The maximum absolute atomic E-state index is 12.4. The molecule has 1 amide bonds. The molecule has 0 radical (unpaired) electrons. The largest absolute Gasteiger partial charge is 0.496 e. The molecular weight excluding hydrogens is 314 g/mol. The van der Waals surface area contributed by atoms with Gasteiger partial charge in [-0.05, 0) is 54.4 Å². The van der Waals surface area contributed by atoms with Crippen LogP contribution in [-0.4, -0.2) is 23.0 Å². The summed E-state index contributed by atoms with van der Waals surface area (Å²) in [5.41, 5.74) is 4.30. The van der Waals surface area contributed by atoms with Gasteiger partial charge in [-0.1, -0.05) is 6.07 Å². The first-order valence-corrected chi connectivity index (χ1v) is 7.96. The Labute approximate surface area is 146 Å². The van der Waals surface area contributed by atoms with E-state index in [9.17, 15) is 4.79 Å². The van der Waals surface area contributed by atoms with Gasteiger partial charge >= 0.3 is 0 Å². The first kappa shape index (κ1) is 16.6. The molecule has 2 heterocycles. The Balaban J connectivity index is 1.76. The van der Waals surface area contributed by atoms with E-state index in [0.717, 1.165) is 28.1 Å². The fourth-order valence-electron chi connectivity index (χ4n) is 2.65. The van der Waals surface area contributed by atoms with Crippen LogP contribution in [0.1, 0.15) is 21.5 Å². The zero-order chi connectivity index (χ0) is 17.6. The molecule has 0 bridgehead atoms. The third-order valence-corrected chi connectivity index (χ3v) is 3.94. The fraction of sp³-hybridized carbons (Fsp3) is 0.150. The minimum absolute atomic E-state index is 0.129. The number of methoxy groups -OCH3 is 1. The third-order valence-electron chi connectivity index (χ3n) is 3.94. The van der Waals surface area contributed by atoms with Gasteiger partial charge < -0.3 is 10.1 Å². The van der Waals surface area contributed by atoms with Crippen LogP contribution >= 0.6 is 0 Å². The number of hydrogen-bond donors (Lipinski definition) is 1. The topological polar surface area (TPSA) is 64.1 Å². The Kier molecular flexibility index (Phi) is 5.04. The van der Waals surface area contributed by atoms with Crippen molar-refractivity contribution in [3.05, 3.63) is 77.7 Å². The van der Waals surface area contributed by atoms with Crippen LogP contribution in [0, 0.1) is 6.92 Å². The van der Waals surface area contributed by atoms with Crippen molar-refractivity contribution >= 4 is 5.91 Å². The number of benzene rings is 1. The first-order chi connectivity index (χ1) is 12.2. The highest BCUT2D eigenvalue weighted by Gasteiger charge is 2.10. The number of amides is 1. The number of aryl methyl sites for hydroxylation is 1. The van der Waals surface area contributed by atoms with Gasteiger partial charge in [0.25, 0.3) is 5.91 Å². The van der Waals surface area contributed by atoms with Crippen molar-refractivity contribution in [2.75, 3.05) is 7.11 Å². The Morgan fingerprint density at radius 1 is 1.12 bits per heavy atom. The Bertz CT molecular complexity index is 879. The molecule has 0 saturated heterocycles. The molecule has 25 heavy (non-hydrogen) atoms. The summed E-state index contributed by atoms with van der Waals surface area (Å²) in [5.74, 6) is 0.638. The lowest BCUT2D eigenvalue weighted by Crippen LogP contribution is -2.23. The van der Waals surface area contributed by atoms with Gasteiger partial charge in [0, 0.05) is 36.3 Å². The van der Waals surface area contributed by atoms with Gasteiger partial charge in [-0.2, -0.15) is 0 Å². The number of ether oxygens (including phenoxy) is 1. The summed E-state index contributed by atoms with van der Waals surface area (Å²) in [7, 11) is 1.62. The van der Waals surface area contributed by atoms with Crippen molar-refractivity contribution < 1.29 is 9.53 Å². The van der Waals surface area contributed by atoms with E-state index < -0.39 is 0 Å². The minimum Gasteiger partial charge on any atom is -0.496 e. The molecule has 1 aromatic carbocycles. The van der Waals surface area contributed by atoms with Gasteiger partial charge in [-0.15, -0.1) is 0 Å². The Hall–Kier alpha value is -3.21. The van der Waals surface area contributed by atoms with Crippen molar-refractivity contribution in [1.82, 2.24) is 15.3 Å². The van der Waals surface area contributed by atoms with Crippen molar-refractivity contribution in [2.24, 2.45) is 0 Å². The second kappa shape index (κ2) is 7.57. The Morgan fingerprint density at radius 3 is 2.64 bits per heavy atom. The zero-order valence-corrected chi connectivity index (χ0v) is 14.2. The number of carbonyl (C=O) groups excluding carboxylic acids is 1. The molecule has 0 aliphatic rings. The van der Waals surface area contributed by atoms with Crippen LogP contribution in [0.4, 0.5) is 0 Å². The molecule has 0 aliphatic heterocycles. The molecule has 5 heteroatoms. The third kappa shape index (κ3) is 3.83. The molecule has 0 fully saturated rings.